The fourth-order valence-electron chi connectivity index (χ4n) is 1.51. The Hall–Kier alpha value is -1.06. The summed E-state index contributed by atoms with van der Waals surface area (Å²) in [6.07, 6.45) is 0. The molecule has 0 saturated carbocycles. The molecule has 0 spiro atoms. The van der Waals surface area contributed by atoms with Gasteiger partial charge in [-0.25, -0.2) is 0 Å². The lowest BCUT2D eigenvalue weighted by Crippen LogP contribution is -2.38. The second-order valence-corrected chi connectivity index (χ2v) is 4.82. The molecule has 17 heavy (non-hydrogen) atoms. The Morgan fingerprint density at radius 2 is 2.06 bits per heavy atom. The van der Waals surface area contributed by atoms with E-state index in [1.165, 1.54) is 0 Å². The van der Waals surface area contributed by atoms with Gasteiger partial charge >= 0.3 is 0 Å². The van der Waals surface area contributed by atoms with Crippen LogP contribution < -0.4 is 10.6 Å². The van der Waals surface area contributed by atoms with Gasteiger partial charge in [0.15, 0.2) is 0 Å². The lowest BCUT2D eigenvalue weighted by molar-refractivity contribution is -0.120. The summed E-state index contributed by atoms with van der Waals surface area (Å²) in [5.74, 6) is 0.00822. The number of hydrogen-bond acceptors (Lipinski definition) is 2. The van der Waals surface area contributed by atoms with Crippen molar-refractivity contribution in [3.05, 3.63) is 34.9 Å². The van der Waals surface area contributed by atoms with Gasteiger partial charge in [0.25, 0.3) is 0 Å². The minimum atomic E-state index is 0.00822. The maximum absolute atomic E-state index is 11.5. The van der Waals surface area contributed by atoms with Crippen molar-refractivity contribution in [3.63, 3.8) is 0 Å². The van der Waals surface area contributed by atoms with Gasteiger partial charge in [-0.3, -0.25) is 4.79 Å². The average molecular weight is 255 g/mol. The summed E-state index contributed by atoms with van der Waals surface area (Å²) in [6, 6.07) is 7.91. The van der Waals surface area contributed by atoms with Crippen LogP contribution in [-0.4, -0.2) is 18.5 Å². The van der Waals surface area contributed by atoms with E-state index < -0.39 is 0 Å². The maximum atomic E-state index is 11.5. The molecular weight excluding hydrogens is 236 g/mol. The van der Waals surface area contributed by atoms with Crippen molar-refractivity contribution in [2.75, 3.05) is 6.54 Å². The van der Waals surface area contributed by atoms with Gasteiger partial charge in [-0.05, 0) is 38.5 Å². The summed E-state index contributed by atoms with van der Waals surface area (Å²) in [5, 5.41) is 6.70. The Bertz CT molecular complexity index is 379. The number of benzene rings is 1. The van der Waals surface area contributed by atoms with E-state index in [4.69, 9.17) is 11.6 Å². The van der Waals surface area contributed by atoms with Gasteiger partial charge in [0.1, 0.15) is 0 Å². The normalized spacial score (nSPS) is 12.5. The zero-order chi connectivity index (χ0) is 12.8. The topological polar surface area (TPSA) is 41.1 Å². The van der Waals surface area contributed by atoms with Crippen LogP contribution in [0.3, 0.4) is 0 Å². The molecule has 0 unspecified atom stereocenters. The standard InChI is InChI=1S/C13H19ClN2O/c1-9(2)16-13(17)8-15-10(3)11-5-4-6-12(14)7-11/h4-7,9-10,15H,8H2,1-3H3,(H,16,17)/t10-/m1/s1. The molecule has 0 heterocycles. The Morgan fingerprint density at radius 3 is 2.65 bits per heavy atom. The molecule has 0 radical (unpaired) electrons. The lowest BCUT2D eigenvalue weighted by Gasteiger charge is -2.15. The first-order valence-electron chi connectivity index (χ1n) is 5.77. The second-order valence-electron chi connectivity index (χ2n) is 4.38. The van der Waals surface area contributed by atoms with Gasteiger partial charge in [-0.15, -0.1) is 0 Å². The summed E-state index contributed by atoms with van der Waals surface area (Å²) >= 11 is 5.91. The molecule has 0 saturated heterocycles. The van der Waals surface area contributed by atoms with Gasteiger partial charge in [0, 0.05) is 17.1 Å². The smallest absolute Gasteiger partial charge is 0.234 e. The van der Waals surface area contributed by atoms with Gasteiger partial charge in [0.05, 0.1) is 6.54 Å². The fraction of sp³-hybridized carbons (Fsp3) is 0.462. The van der Waals surface area contributed by atoms with E-state index in [0.717, 1.165) is 5.56 Å². The van der Waals surface area contributed by atoms with Crippen molar-refractivity contribution < 1.29 is 4.79 Å². The van der Waals surface area contributed by atoms with E-state index in [1.807, 2.05) is 45.0 Å². The predicted octanol–water partition coefficient (Wildman–Crippen LogP) is 2.52. The summed E-state index contributed by atoms with van der Waals surface area (Å²) in [5.41, 5.74) is 1.08. The molecule has 1 rings (SSSR count). The van der Waals surface area contributed by atoms with E-state index in [2.05, 4.69) is 10.6 Å². The summed E-state index contributed by atoms with van der Waals surface area (Å²) in [6.45, 7) is 6.21. The average Bonchev–Trinajstić information content (AvgIpc) is 2.25. The number of carbonyl (C=O) groups is 1. The minimum Gasteiger partial charge on any atom is -0.353 e. The molecule has 0 aliphatic carbocycles. The minimum absolute atomic E-state index is 0.00822. The van der Waals surface area contributed by atoms with Crippen molar-refractivity contribution in [2.45, 2.75) is 32.9 Å². The largest absolute Gasteiger partial charge is 0.353 e. The van der Waals surface area contributed by atoms with Crippen LogP contribution in [0, 0.1) is 0 Å². The number of hydrogen-bond donors (Lipinski definition) is 2. The molecule has 0 fully saturated rings. The van der Waals surface area contributed by atoms with Crippen LogP contribution >= 0.6 is 11.6 Å². The highest BCUT2D eigenvalue weighted by Gasteiger charge is 2.08. The van der Waals surface area contributed by atoms with Gasteiger partial charge in [-0.1, -0.05) is 23.7 Å². The number of carbonyl (C=O) groups excluding carboxylic acids is 1. The number of nitrogens with one attached hydrogen (secondary N) is 2. The Labute approximate surface area is 108 Å². The predicted molar refractivity (Wildman–Crippen MR) is 71.1 cm³/mol. The van der Waals surface area contributed by atoms with Crippen LogP contribution in [0.25, 0.3) is 0 Å². The van der Waals surface area contributed by atoms with Crippen LogP contribution in [0.15, 0.2) is 24.3 Å². The van der Waals surface area contributed by atoms with Gasteiger partial charge in [-0.2, -0.15) is 0 Å². The third-order valence-electron chi connectivity index (χ3n) is 2.37. The lowest BCUT2D eigenvalue weighted by atomic mass is 10.1. The van der Waals surface area contributed by atoms with Gasteiger partial charge < -0.3 is 10.6 Å². The van der Waals surface area contributed by atoms with E-state index in [-0.39, 0.29) is 18.0 Å². The van der Waals surface area contributed by atoms with Crippen molar-refractivity contribution in [1.82, 2.24) is 10.6 Å². The molecule has 2 N–H and O–H groups in total. The highest BCUT2D eigenvalue weighted by atomic mass is 35.5. The van der Waals surface area contributed by atoms with Crippen LogP contribution in [-0.2, 0) is 4.79 Å². The Morgan fingerprint density at radius 1 is 1.35 bits per heavy atom. The SMILES string of the molecule is CC(C)NC(=O)CN[C@H](C)c1cccc(Cl)c1. The fourth-order valence-corrected chi connectivity index (χ4v) is 1.71. The van der Waals surface area contributed by atoms with E-state index in [1.54, 1.807) is 0 Å². The van der Waals surface area contributed by atoms with Crippen LogP contribution in [0.5, 0.6) is 0 Å². The van der Waals surface area contributed by atoms with Crippen molar-refractivity contribution in [2.24, 2.45) is 0 Å². The molecule has 0 bridgehead atoms. The molecule has 0 aliphatic heterocycles. The molecule has 94 valence electrons. The van der Waals surface area contributed by atoms with Gasteiger partial charge in [0.2, 0.25) is 5.91 Å². The third kappa shape index (κ3) is 5.20. The first-order chi connectivity index (χ1) is 7.99. The molecule has 0 aliphatic rings. The van der Waals surface area contributed by atoms with E-state index in [0.29, 0.717) is 11.6 Å². The van der Waals surface area contributed by atoms with E-state index >= 15 is 0 Å². The molecule has 0 aromatic heterocycles. The molecule has 1 amide bonds. The molecule has 1 aromatic rings. The summed E-state index contributed by atoms with van der Waals surface area (Å²) in [7, 11) is 0. The number of rotatable bonds is 5. The number of halogens is 1. The molecule has 3 nitrogen and oxygen atoms in total. The van der Waals surface area contributed by atoms with Crippen molar-refractivity contribution in [1.29, 1.82) is 0 Å². The monoisotopic (exact) mass is 254 g/mol. The molecule has 4 heteroatoms. The molecular formula is C13H19ClN2O. The number of amides is 1. The first-order valence-corrected chi connectivity index (χ1v) is 6.15. The Kier molecular flexibility index (Phi) is 5.45. The second kappa shape index (κ2) is 6.62. The third-order valence-corrected chi connectivity index (χ3v) is 2.60. The first kappa shape index (κ1) is 14.0. The molecule has 1 aromatic carbocycles. The van der Waals surface area contributed by atoms with E-state index in [9.17, 15) is 4.79 Å². The van der Waals surface area contributed by atoms with Crippen molar-refractivity contribution >= 4 is 17.5 Å². The van der Waals surface area contributed by atoms with Crippen LogP contribution in [0.1, 0.15) is 32.4 Å². The quantitative estimate of drug-likeness (QED) is 0.848. The van der Waals surface area contributed by atoms with Crippen LogP contribution in [0.4, 0.5) is 0 Å². The maximum Gasteiger partial charge on any atom is 0.234 e. The Balaban J connectivity index is 2.44. The summed E-state index contributed by atoms with van der Waals surface area (Å²) in [4.78, 5) is 11.5. The van der Waals surface area contributed by atoms with Crippen molar-refractivity contribution in [3.8, 4) is 0 Å². The summed E-state index contributed by atoms with van der Waals surface area (Å²) < 4.78 is 0. The van der Waals surface area contributed by atoms with Crippen LogP contribution in [0.2, 0.25) is 5.02 Å². The highest BCUT2D eigenvalue weighted by molar-refractivity contribution is 6.30. The zero-order valence-electron chi connectivity index (χ0n) is 10.5. The zero-order valence-corrected chi connectivity index (χ0v) is 11.2. The molecule has 1 atom stereocenters. The highest BCUT2D eigenvalue weighted by Crippen LogP contribution is 2.16.